The van der Waals surface area contributed by atoms with Gasteiger partial charge in [0.05, 0.1) is 5.52 Å². The predicted octanol–water partition coefficient (Wildman–Crippen LogP) is 6.20. The van der Waals surface area contributed by atoms with Gasteiger partial charge in [0.15, 0.2) is 0 Å². The minimum absolute atomic E-state index is 0.205. The van der Waals surface area contributed by atoms with Crippen molar-refractivity contribution in [3.05, 3.63) is 95.4 Å². The monoisotopic (exact) mass is 439 g/mol. The van der Waals surface area contributed by atoms with E-state index in [9.17, 15) is 9.18 Å². The summed E-state index contributed by atoms with van der Waals surface area (Å²) in [5, 5.41) is 4.08. The number of likely N-dealkylation sites (tertiary alicyclic amines) is 1. The number of rotatable bonds is 5. The molecule has 1 fully saturated rings. The van der Waals surface area contributed by atoms with Crippen molar-refractivity contribution in [3.8, 4) is 11.1 Å². The number of halogens is 1. The maximum atomic E-state index is 14.0. The number of fused-ring (bicyclic) bond motifs is 1. The summed E-state index contributed by atoms with van der Waals surface area (Å²) in [5.74, 6) is -0.485. The molecule has 0 atom stereocenters. The van der Waals surface area contributed by atoms with Gasteiger partial charge in [-0.2, -0.15) is 0 Å². The molecule has 1 aliphatic rings. The van der Waals surface area contributed by atoms with Crippen molar-refractivity contribution < 1.29 is 9.18 Å². The molecule has 0 bridgehead atoms. The second-order valence-electron chi connectivity index (χ2n) is 8.65. The van der Waals surface area contributed by atoms with Crippen LogP contribution in [0.2, 0.25) is 0 Å². The fourth-order valence-electron chi connectivity index (χ4n) is 4.51. The number of nitrogens with zero attached hydrogens (tertiary/aromatic N) is 2. The van der Waals surface area contributed by atoms with E-state index >= 15 is 0 Å². The molecule has 166 valence electrons. The van der Waals surface area contributed by atoms with Gasteiger partial charge in [-0.1, -0.05) is 36.4 Å². The summed E-state index contributed by atoms with van der Waals surface area (Å²) < 4.78 is 14.0. The standard InChI is InChI=1S/C28H26FN3O/c1-19-26(13-12-23-16-20(17-30-27(19)23)18-32-14-4-5-15-32)31-28(33)22-10-8-21(9-11-22)24-6-2-3-7-25(24)29/h2-3,6-13,16-17H,4-5,14-15,18H2,1H3,(H,31,33). The second-order valence-corrected chi connectivity index (χ2v) is 8.65. The molecule has 1 aliphatic heterocycles. The number of carbonyl (C=O) groups is 1. The van der Waals surface area contributed by atoms with Crippen LogP contribution in [0, 0.1) is 12.7 Å². The normalized spacial score (nSPS) is 14.0. The van der Waals surface area contributed by atoms with Crippen molar-refractivity contribution in [3.63, 3.8) is 0 Å². The van der Waals surface area contributed by atoms with Gasteiger partial charge in [0, 0.05) is 34.9 Å². The number of amides is 1. The van der Waals surface area contributed by atoms with Crippen LogP contribution in [-0.2, 0) is 6.54 Å². The lowest BCUT2D eigenvalue weighted by atomic mass is 10.0. The number of nitrogens with one attached hydrogen (secondary N) is 1. The maximum absolute atomic E-state index is 14.0. The molecule has 0 radical (unpaired) electrons. The molecule has 5 rings (SSSR count). The molecule has 4 nitrogen and oxygen atoms in total. The van der Waals surface area contributed by atoms with Crippen LogP contribution in [0.25, 0.3) is 22.0 Å². The molecule has 3 aromatic carbocycles. The minimum Gasteiger partial charge on any atom is -0.322 e. The van der Waals surface area contributed by atoms with Gasteiger partial charge in [0.25, 0.3) is 5.91 Å². The van der Waals surface area contributed by atoms with E-state index in [4.69, 9.17) is 4.98 Å². The van der Waals surface area contributed by atoms with Crippen LogP contribution in [0.4, 0.5) is 10.1 Å². The highest BCUT2D eigenvalue weighted by Crippen LogP contribution is 2.27. The van der Waals surface area contributed by atoms with Crippen molar-refractivity contribution in [1.29, 1.82) is 0 Å². The third kappa shape index (κ3) is 4.50. The Hall–Kier alpha value is -3.57. The zero-order valence-corrected chi connectivity index (χ0v) is 18.6. The topological polar surface area (TPSA) is 45.2 Å². The molecule has 0 unspecified atom stereocenters. The summed E-state index contributed by atoms with van der Waals surface area (Å²) in [7, 11) is 0. The quantitative estimate of drug-likeness (QED) is 0.403. The number of hydrogen-bond acceptors (Lipinski definition) is 3. The molecular weight excluding hydrogens is 413 g/mol. The van der Waals surface area contributed by atoms with E-state index in [2.05, 4.69) is 16.3 Å². The highest BCUT2D eigenvalue weighted by molar-refractivity contribution is 6.06. The Labute approximate surface area is 193 Å². The van der Waals surface area contributed by atoms with Crippen LogP contribution in [0.3, 0.4) is 0 Å². The van der Waals surface area contributed by atoms with E-state index in [0.717, 1.165) is 47.4 Å². The van der Waals surface area contributed by atoms with Crippen LogP contribution in [0.15, 0.2) is 72.9 Å². The van der Waals surface area contributed by atoms with Gasteiger partial charge in [-0.3, -0.25) is 14.7 Å². The fraction of sp³-hybridized carbons (Fsp3) is 0.214. The number of hydrogen-bond donors (Lipinski definition) is 1. The Kier molecular flexibility index (Phi) is 5.88. The average Bonchev–Trinajstić information content (AvgIpc) is 3.34. The molecule has 0 saturated carbocycles. The second kappa shape index (κ2) is 9.12. The Bertz CT molecular complexity index is 1310. The molecule has 2 heterocycles. The zero-order valence-electron chi connectivity index (χ0n) is 18.6. The summed E-state index contributed by atoms with van der Waals surface area (Å²) in [4.78, 5) is 20.0. The highest BCUT2D eigenvalue weighted by Gasteiger charge is 2.14. The third-order valence-corrected chi connectivity index (χ3v) is 6.35. The molecule has 4 aromatic rings. The van der Waals surface area contributed by atoms with Gasteiger partial charge in [-0.25, -0.2) is 4.39 Å². The number of aryl methyl sites for hydroxylation is 1. The minimum atomic E-state index is -0.280. The van der Waals surface area contributed by atoms with E-state index in [-0.39, 0.29) is 11.7 Å². The van der Waals surface area contributed by atoms with E-state index in [1.165, 1.54) is 24.5 Å². The summed E-state index contributed by atoms with van der Waals surface area (Å²) in [6, 6.07) is 19.7. The van der Waals surface area contributed by atoms with Crippen LogP contribution in [0.5, 0.6) is 0 Å². The van der Waals surface area contributed by atoms with Crippen molar-refractivity contribution in [1.82, 2.24) is 9.88 Å². The fourth-order valence-corrected chi connectivity index (χ4v) is 4.51. The van der Waals surface area contributed by atoms with E-state index in [1.807, 2.05) is 25.3 Å². The molecule has 1 saturated heterocycles. The molecule has 0 spiro atoms. The molecule has 5 heteroatoms. The Morgan fingerprint density at radius 2 is 1.79 bits per heavy atom. The highest BCUT2D eigenvalue weighted by atomic mass is 19.1. The first-order valence-corrected chi connectivity index (χ1v) is 11.4. The number of anilines is 1. The molecule has 0 aliphatic carbocycles. The summed E-state index contributed by atoms with van der Waals surface area (Å²) in [6.45, 7) is 5.22. The van der Waals surface area contributed by atoms with Crippen LogP contribution < -0.4 is 5.32 Å². The van der Waals surface area contributed by atoms with Crippen molar-refractivity contribution in [2.24, 2.45) is 0 Å². The first-order chi connectivity index (χ1) is 16.1. The maximum Gasteiger partial charge on any atom is 0.255 e. The molecule has 1 N–H and O–H groups in total. The Morgan fingerprint density at radius 1 is 1.03 bits per heavy atom. The van der Waals surface area contributed by atoms with Gasteiger partial charge in [-0.15, -0.1) is 0 Å². The van der Waals surface area contributed by atoms with E-state index in [1.54, 1.807) is 42.5 Å². The van der Waals surface area contributed by atoms with Crippen LogP contribution in [0.1, 0.15) is 34.3 Å². The molecular formula is C28H26FN3O. The summed E-state index contributed by atoms with van der Waals surface area (Å²) >= 11 is 0. The van der Waals surface area contributed by atoms with E-state index in [0.29, 0.717) is 11.1 Å². The van der Waals surface area contributed by atoms with Gasteiger partial charge in [0.2, 0.25) is 0 Å². The third-order valence-electron chi connectivity index (χ3n) is 6.35. The van der Waals surface area contributed by atoms with Crippen molar-refractivity contribution >= 4 is 22.5 Å². The molecule has 1 amide bonds. The Balaban J connectivity index is 1.33. The first kappa shape index (κ1) is 21.3. The molecule has 1 aromatic heterocycles. The number of aromatic nitrogens is 1. The number of benzene rings is 3. The van der Waals surface area contributed by atoms with Gasteiger partial charge >= 0.3 is 0 Å². The predicted molar refractivity (Wildman–Crippen MR) is 131 cm³/mol. The largest absolute Gasteiger partial charge is 0.322 e. The lowest BCUT2D eigenvalue weighted by Crippen LogP contribution is -2.18. The van der Waals surface area contributed by atoms with E-state index < -0.39 is 0 Å². The van der Waals surface area contributed by atoms with Crippen molar-refractivity contribution in [2.75, 3.05) is 18.4 Å². The number of pyridine rings is 1. The average molecular weight is 440 g/mol. The van der Waals surface area contributed by atoms with Crippen molar-refractivity contribution in [2.45, 2.75) is 26.3 Å². The Morgan fingerprint density at radius 3 is 2.55 bits per heavy atom. The van der Waals surface area contributed by atoms with Crippen LogP contribution in [-0.4, -0.2) is 28.9 Å². The van der Waals surface area contributed by atoms with Gasteiger partial charge in [-0.05, 0) is 79.9 Å². The lowest BCUT2D eigenvalue weighted by molar-refractivity contribution is 0.102. The number of carbonyl (C=O) groups excluding carboxylic acids is 1. The SMILES string of the molecule is Cc1c(NC(=O)c2ccc(-c3ccccc3F)cc2)ccc2cc(CN3CCCC3)cnc12. The van der Waals surface area contributed by atoms with Gasteiger partial charge < -0.3 is 5.32 Å². The van der Waals surface area contributed by atoms with Gasteiger partial charge in [0.1, 0.15) is 5.82 Å². The lowest BCUT2D eigenvalue weighted by Gasteiger charge is -2.15. The van der Waals surface area contributed by atoms with Crippen LogP contribution >= 0.6 is 0 Å². The summed E-state index contributed by atoms with van der Waals surface area (Å²) in [6.07, 6.45) is 4.49. The first-order valence-electron chi connectivity index (χ1n) is 11.4. The molecule has 33 heavy (non-hydrogen) atoms. The summed E-state index contributed by atoms with van der Waals surface area (Å²) in [5.41, 5.74) is 5.57. The zero-order chi connectivity index (χ0) is 22.8. The smallest absolute Gasteiger partial charge is 0.255 e.